The lowest BCUT2D eigenvalue weighted by atomic mass is 9.93. The highest BCUT2D eigenvalue weighted by Crippen LogP contribution is 2.32. The Labute approximate surface area is 274 Å². The summed E-state index contributed by atoms with van der Waals surface area (Å²) in [6.45, 7) is 21.0. The van der Waals surface area contributed by atoms with E-state index >= 15 is 0 Å². The van der Waals surface area contributed by atoms with E-state index in [0.29, 0.717) is 18.0 Å². The number of carbonyl (C=O) groups is 5. The number of aliphatic carboxylic acids is 1. The topological polar surface area (TPSA) is 196 Å². The normalized spacial score (nSPS) is 13.4. The van der Waals surface area contributed by atoms with Gasteiger partial charge in [0.2, 0.25) is 0 Å². The lowest BCUT2D eigenvalue weighted by Crippen LogP contribution is -2.73. The van der Waals surface area contributed by atoms with Gasteiger partial charge in [0.05, 0.1) is 0 Å². The minimum atomic E-state index is -3.49. The first-order valence-corrected chi connectivity index (χ1v) is 15.9. The number of amides is 1. The molecule has 0 saturated heterocycles. The van der Waals surface area contributed by atoms with Crippen LogP contribution in [-0.4, -0.2) is 107 Å². The highest BCUT2D eigenvalue weighted by Gasteiger charge is 2.67. The van der Waals surface area contributed by atoms with Crippen LogP contribution in [0.5, 0.6) is 0 Å². The molecule has 0 rings (SSSR count). The molecule has 0 aromatic heterocycles. The number of carbonyl (C=O) groups excluding carboxylic acids is 4. The molecule has 5 N–H and O–H groups in total. The van der Waals surface area contributed by atoms with E-state index in [9.17, 15) is 29.1 Å². The van der Waals surface area contributed by atoms with Crippen LogP contribution < -0.4 is 16.4 Å². The number of hydrogen-bond donors (Lipinski definition) is 4. The molecule has 0 fully saturated rings. The fourth-order valence-electron chi connectivity index (χ4n) is 4.01. The minimum absolute atomic E-state index is 0.0855. The zero-order chi connectivity index (χ0) is 36.1. The number of nitrogens with zero attached hydrogens (tertiary/aromatic N) is 1. The van der Waals surface area contributed by atoms with E-state index in [2.05, 4.69) is 10.6 Å². The maximum absolute atomic E-state index is 14.0. The number of nitrogens with two attached hydrogens (primary N) is 1. The monoisotopic (exact) mass is 660 g/mol. The molecule has 0 heterocycles. The molecule has 0 aromatic rings. The first-order valence-electron chi connectivity index (χ1n) is 15.9. The molecule has 0 aliphatic heterocycles. The number of nitrogens with one attached hydrogen (secondary N) is 2. The molecular weight excluding hydrogens is 600 g/mol. The Kier molecular flexibility index (Phi) is 16.7. The van der Waals surface area contributed by atoms with Crippen molar-refractivity contribution in [3.8, 4) is 0 Å². The van der Waals surface area contributed by atoms with Crippen molar-refractivity contribution in [3.05, 3.63) is 0 Å². The van der Waals surface area contributed by atoms with Crippen molar-refractivity contribution >= 4 is 30.0 Å². The summed E-state index contributed by atoms with van der Waals surface area (Å²) in [4.78, 5) is 69.5. The quantitative estimate of drug-likeness (QED) is 0.0769. The average molecular weight is 661 g/mol. The number of rotatable bonds is 17. The van der Waals surface area contributed by atoms with Gasteiger partial charge in [0.1, 0.15) is 28.4 Å². The number of hydrogen-bond acceptors (Lipinski definition) is 12. The molecule has 1 atom stereocenters. The number of esters is 3. The molecule has 0 aliphatic carbocycles. The molecular formula is C32H60N4O10. The Morgan fingerprint density at radius 2 is 1.02 bits per heavy atom. The second kappa shape index (κ2) is 17.8. The van der Waals surface area contributed by atoms with Gasteiger partial charge in [0.15, 0.2) is 0 Å². The summed E-state index contributed by atoms with van der Waals surface area (Å²) >= 11 is 0. The summed E-state index contributed by atoms with van der Waals surface area (Å²) in [6, 6.07) is -1.80. The smallest absolute Gasteiger partial charge is 0.412 e. The van der Waals surface area contributed by atoms with Gasteiger partial charge in [-0.3, -0.25) is 4.90 Å². The van der Waals surface area contributed by atoms with Crippen molar-refractivity contribution in [1.29, 1.82) is 0 Å². The first kappa shape index (κ1) is 43.0. The Balaban J connectivity index is 7.05. The van der Waals surface area contributed by atoms with E-state index in [1.165, 1.54) is 62.3 Å². The van der Waals surface area contributed by atoms with Gasteiger partial charge in [0, 0.05) is 0 Å². The van der Waals surface area contributed by atoms with Gasteiger partial charge >= 0.3 is 35.5 Å². The van der Waals surface area contributed by atoms with Gasteiger partial charge in [-0.15, -0.1) is 0 Å². The summed E-state index contributed by atoms with van der Waals surface area (Å²) in [5.41, 5.74) is -2.90. The van der Waals surface area contributed by atoms with E-state index < -0.39 is 64.0 Å². The van der Waals surface area contributed by atoms with Crippen LogP contribution in [-0.2, 0) is 38.1 Å². The van der Waals surface area contributed by atoms with Gasteiger partial charge in [-0.25, -0.2) is 24.0 Å². The Morgan fingerprint density at radius 1 is 0.630 bits per heavy atom. The van der Waals surface area contributed by atoms with Crippen molar-refractivity contribution in [1.82, 2.24) is 15.5 Å². The molecule has 0 bridgehead atoms. The predicted molar refractivity (Wildman–Crippen MR) is 173 cm³/mol. The van der Waals surface area contributed by atoms with Crippen LogP contribution in [0.15, 0.2) is 0 Å². The Bertz CT molecular complexity index is 992. The van der Waals surface area contributed by atoms with Crippen LogP contribution in [0.1, 0.15) is 109 Å². The van der Waals surface area contributed by atoms with Crippen LogP contribution in [0.3, 0.4) is 0 Å². The standard InChI is InChI=1S/C32H60N4O10/c1-28(2,3)43-23(37)22(16-21-35-19-14-13-18-34-20-15-17-33)36(27(42)46-31(10,11)12)32(24(38)39,25(40)44-29(4,5)6)26(41)45-30(7,8)9/h22,34-35H,13-21,33H2,1-12H3,(H,38,39). The second-order valence-corrected chi connectivity index (χ2v) is 15.1. The number of ether oxygens (including phenoxy) is 4. The van der Waals surface area contributed by atoms with Gasteiger partial charge in [-0.1, -0.05) is 0 Å². The number of carboxylic acid groups (broad SMARTS) is 1. The molecule has 14 heteroatoms. The van der Waals surface area contributed by atoms with E-state index in [0.717, 1.165) is 32.4 Å². The number of carboxylic acids is 1. The highest BCUT2D eigenvalue weighted by molar-refractivity contribution is 6.24. The molecule has 1 amide bonds. The lowest BCUT2D eigenvalue weighted by Gasteiger charge is -2.42. The molecule has 0 aromatic carbocycles. The molecule has 268 valence electrons. The molecule has 0 radical (unpaired) electrons. The van der Waals surface area contributed by atoms with Crippen molar-refractivity contribution in [2.75, 3.05) is 32.7 Å². The maximum atomic E-state index is 14.0. The van der Waals surface area contributed by atoms with Crippen LogP contribution in [0.25, 0.3) is 0 Å². The SMILES string of the molecule is CC(C)(C)OC(=O)C(CCNCCCCNCCCN)N(C(=O)OC(C)(C)C)C(C(=O)O)(C(=O)OC(C)(C)C)C(=O)OC(C)(C)C. The predicted octanol–water partition coefficient (Wildman–Crippen LogP) is 3.14. The van der Waals surface area contributed by atoms with Gasteiger partial charge < -0.3 is 40.4 Å². The summed E-state index contributed by atoms with van der Waals surface area (Å²) in [5.74, 6) is -6.40. The van der Waals surface area contributed by atoms with Gasteiger partial charge in [-0.2, -0.15) is 0 Å². The lowest BCUT2D eigenvalue weighted by molar-refractivity contribution is -0.197. The molecule has 0 saturated carbocycles. The summed E-state index contributed by atoms with van der Waals surface area (Å²) in [7, 11) is 0. The third-order valence-electron chi connectivity index (χ3n) is 5.75. The van der Waals surface area contributed by atoms with Crippen molar-refractivity contribution in [2.24, 2.45) is 5.73 Å². The third kappa shape index (κ3) is 15.5. The van der Waals surface area contributed by atoms with E-state index in [1.807, 2.05) is 0 Å². The molecule has 1 unspecified atom stereocenters. The fraction of sp³-hybridized carbons (Fsp3) is 0.844. The zero-order valence-corrected chi connectivity index (χ0v) is 30.1. The van der Waals surface area contributed by atoms with Crippen LogP contribution >= 0.6 is 0 Å². The van der Waals surface area contributed by atoms with Crippen LogP contribution in [0.2, 0.25) is 0 Å². The average Bonchev–Trinajstić information content (AvgIpc) is 2.81. The van der Waals surface area contributed by atoms with E-state index in [4.69, 9.17) is 24.7 Å². The summed E-state index contributed by atoms with van der Waals surface area (Å²) in [6.07, 6.45) is 0.839. The fourth-order valence-corrected chi connectivity index (χ4v) is 4.01. The van der Waals surface area contributed by atoms with Crippen LogP contribution in [0.4, 0.5) is 4.79 Å². The van der Waals surface area contributed by atoms with Crippen molar-refractivity contribution in [3.63, 3.8) is 0 Å². The molecule has 46 heavy (non-hydrogen) atoms. The highest BCUT2D eigenvalue weighted by atomic mass is 16.6. The molecule has 0 aliphatic rings. The Morgan fingerprint density at radius 3 is 1.39 bits per heavy atom. The maximum Gasteiger partial charge on any atom is 0.412 e. The first-order chi connectivity index (χ1) is 20.8. The number of unbranched alkanes of at least 4 members (excludes halogenated alkanes) is 1. The van der Waals surface area contributed by atoms with Crippen molar-refractivity contribution in [2.45, 2.75) is 143 Å². The Hall–Kier alpha value is -2.97. The molecule has 0 spiro atoms. The van der Waals surface area contributed by atoms with Crippen molar-refractivity contribution < 1.29 is 48.0 Å². The zero-order valence-electron chi connectivity index (χ0n) is 30.1. The van der Waals surface area contributed by atoms with Gasteiger partial charge in [0.25, 0.3) is 0 Å². The largest absolute Gasteiger partial charge is 0.479 e. The second-order valence-electron chi connectivity index (χ2n) is 15.1. The van der Waals surface area contributed by atoms with Crippen LogP contribution in [0, 0.1) is 0 Å². The van der Waals surface area contributed by atoms with E-state index in [1.54, 1.807) is 20.8 Å². The third-order valence-corrected chi connectivity index (χ3v) is 5.75. The summed E-state index contributed by atoms with van der Waals surface area (Å²) < 4.78 is 22.0. The van der Waals surface area contributed by atoms with Gasteiger partial charge in [-0.05, 0) is 141 Å². The van der Waals surface area contributed by atoms with E-state index in [-0.39, 0.29) is 13.0 Å². The molecule has 14 nitrogen and oxygen atoms in total. The summed E-state index contributed by atoms with van der Waals surface area (Å²) in [5, 5.41) is 17.2. The minimum Gasteiger partial charge on any atom is -0.479 e.